The Bertz CT molecular complexity index is 283. The van der Waals surface area contributed by atoms with Crippen molar-refractivity contribution in [3.05, 3.63) is 0 Å². The molecule has 1 N–H and O–H groups in total. The predicted octanol–water partition coefficient (Wildman–Crippen LogP) is 1.43. The van der Waals surface area contributed by atoms with E-state index in [1.807, 2.05) is 0 Å². The van der Waals surface area contributed by atoms with Gasteiger partial charge in [0.1, 0.15) is 6.29 Å². The summed E-state index contributed by atoms with van der Waals surface area (Å²) >= 11 is 0. The summed E-state index contributed by atoms with van der Waals surface area (Å²) in [5.41, 5.74) is 0.708. The molecule has 0 bridgehead atoms. The summed E-state index contributed by atoms with van der Waals surface area (Å²) in [6.45, 7) is 2.30. The van der Waals surface area contributed by atoms with Crippen molar-refractivity contribution in [2.75, 3.05) is 20.1 Å². The van der Waals surface area contributed by atoms with Gasteiger partial charge in [0.25, 0.3) is 0 Å². The summed E-state index contributed by atoms with van der Waals surface area (Å²) in [6, 6.07) is 1.62. The predicted molar refractivity (Wildman–Crippen MR) is 67.9 cm³/mol. The highest BCUT2D eigenvalue weighted by molar-refractivity contribution is 5.53. The molecule has 0 aromatic heterocycles. The number of carbonyl (C=O) groups excluding carboxylic acids is 1. The van der Waals surface area contributed by atoms with Gasteiger partial charge in [0.2, 0.25) is 0 Å². The van der Waals surface area contributed by atoms with Crippen LogP contribution in [0.1, 0.15) is 38.5 Å². The van der Waals surface area contributed by atoms with E-state index in [4.69, 9.17) is 0 Å². The molecule has 1 aliphatic heterocycles. The third-order valence-corrected chi connectivity index (χ3v) is 5.39. The number of nitrogens with zero attached hydrogens (tertiary/aromatic N) is 1. The first-order chi connectivity index (χ1) is 8.24. The molecule has 3 nitrogen and oxygen atoms in total. The van der Waals surface area contributed by atoms with Crippen molar-refractivity contribution in [3.8, 4) is 0 Å². The first-order valence-corrected chi connectivity index (χ1v) is 7.11. The number of piperidine rings is 1. The maximum Gasteiger partial charge on any atom is 0.123 e. The van der Waals surface area contributed by atoms with Crippen LogP contribution in [0.5, 0.6) is 0 Å². The average molecular weight is 236 g/mol. The van der Waals surface area contributed by atoms with Gasteiger partial charge in [0.15, 0.2) is 0 Å². The van der Waals surface area contributed by atoms with Gasteiger partial charge >= 0.3 is 0 Å². The summed E-state index contributed by atoms with van der Waals surface area (Å²) < 4.78 is 0. The van der Waals surface area contributed by atoms with Gasteiger partial charge in [0, 0.05) is 18.0 Å². The van der Waals surface area contributed by atoms with Crippen molar-refractivity contribution in [1.29, 1.82) is 0 Å². The van der Waals surface area contributed by atoms with Crippen LogP contribution in [0.25, 0.3) is 0 Å². The fraction of sp³-hybridized carbons (Fsp3) is 0.929. The topological polar surface area (TPSA) is 32.3 Å². The second-order valence-electron chi connectivity index (χ2n) is 6.47. The fourth-order valence-corrected chi connectivity index (χ4v) is 4.14. The van der Waals surface area contributed by atoms with Crippen LogP contribution in [0.2, 0.25) is 0 Å². The van der Waals surface area contributed by atoms with E-state index < -0.39 is 0 Å². The van der Waals surface area contributed by atoms with Crippen molar-refractivity contribution in [1.82, 2.24) is 10.2 Å². The first-order valence-electron chi connectivity index (χ1n) is 7.11. The highest BCUT2D eigenvalue weighted by Gasteiger charge is 2.53. The van der Waals surface area contributed by atoms with Gasteiger partial charge in [-0.05, 0) is 64.1 Å². The normalized spacial score (nSPS) is 43.1. The molecular formula is C14H24N2O. The third-order valence-electron chi connectivity index (χ3n) is 5.39. The molecule has 0 unspecified atom stereocenters. The molecule has 17 heavy (non-hydrogen) atoms. The Morgan fingerprint density at radius 2 is 1.82 bits per heavy atom. The van der Waals surface area contributed by atoms with E-state index in [0.29, 0.717) is 11.3 Å². The molecule has 0 amide bonds. The number of hydrogen-bond acceptors (Lipinski definition) is 3. The molecule has 1 saturated heterocycles. The molecule has 3 rings (SSSR count). The van der Waals surface area contributed by atoms with E-state index in [0.717, 1.165) is 44.3 Å². The number of nitrogens with one attached hydrogen (secondary N) is 1. The molecule has 3 aliphatic rings. The van der Waals surface area contributed by atoms with Crippen LogP contribution in [0.15, 0.2) is 0 Å². The monoisotopic (exact) mass is 236 g/mol. The van der Waals surface area contributed by atoms with Crippen molar-refractivity contribution in [3.63, 3.8) is 0 Å². The molecule has 0 atom stereocenters. The summed E-state index contributed by atoms with van der Waals surface area (Å²) in [5, 5.41) is 3.38. The Morgan fingerprint density at radius 3 is 2.35 bits per heavy atom. The lowest BCUT2D eigenvalue weighted by atomic mass is 9.51. The number of carbonyl (C=O) groups is 1. The Hall–Kier alpha value is -0.410. The lowest BCUT2D eigenvalue weighted by molar-refractivity contribution is -0.114. The van der Waals surface area contributed by atoms with Crippen LogP contribution in [-0.2, 0) is 4.79 Å². The molecule has 96 valence electrons. The summed E-state index contributed by atoms with van der Waals surface area (Å²) in [5.74, 6) is 0.345. The Morgan fingerprint density at radius 1 is 1.18 bits per heavy atom. The molecule has 0 aromatic carbocycles. The van der Waals surface area contributed by atoms with Gasteiger partial charge in [-0.3, -0.25) is 0 Å². The molecule has 2 aliphatic carbocycles. The second kappa shape index (κ2) is 4.36. The van der Waals surface area contributed by atoms with E-state index in [1.54, 1.807) is 0 Å². The summed E-state index contributed by atoms with van der Waals surface area (Å²) in [6.07, 6.45) is 8.95. The zero-order chi connectivity index (χ0) is 11.9. The molecule has 3 heteroatoms. The minimum absolute atomic E-state index is 0.345. The Labute approximate surface area is 104 Å². The van der Waals surface area contributed by atoms with Crippen molar-refractivity contribution in [2.24, 2.45) is 11.3 Å². The molecule has 0 aromatic rings. The standard InChI is InChI=1S/C14H24N2O/c1-15-12-6-14(7-12)8-13(9-14)16-4-2-11(10-17)3-5-16/h10-13,15H,2-9H2,1H3. The van der Waals surface area contributed by atoms with Gasteiger partial charge in [-0.1, -0.05) is 0 Å². The van der Waals surface area contributed by atoms with E-state index >= 15 is 0 Å². The van der Waals surface area contributed by atoms with E-state index in [1.165, 1.54) is 25.7 Å². The summed E-state index contributed by atoms with van der Waals surface area (Å²) in [7, 11) is 2.08. The lowest BCUT2D eigenvalue weighted by Gasteiger charge is -2.60. The van der Waals surface area contributed by atoms with Gasteiger partial charge in [-0.15, -0.1) is 0 Å². The SMILES string of the molecule is CNC1CC2(C1)CC(N1CCC(C=O)CC1)C2. The van der Waals surface area contributed by atoms with Gasteiger partial charge < -0.3 is 15.0 Å². The van der Waals surface area contributed by atoms with Crippen LogP contribution >= 0.6 is 0 Å². The zero-order valence-corrected chi connectivity index (χ0v) is 10.8. The smallest absolute Gasteiger partial charge is 0.123 e. The molecule has 1 heterocycles. The van der Waals surface area contributed by atoms with E-state index in [-0.39, 0.29) is 0 Å². The second-order valence-corrected chi connectivity index (χ2v) is 6.47. The highest BCUT2D eigenvalue weighted by Crippen LogP contribution is 2.57. The number of rotatable bonds is 3. The first kappa shape index (κ1) is 11.7. The minimum Gasteiger partial charge on any atom is -0.317 e. The van der Waals surface area contributed by atoms with Crippen LogP contribution in [0, 0.1) is 11.3 Å². The number of hydrogen-bond donors (Lipinski definition) is 1. The maximum absolute atomic E-state index is 10.7. The largest absolute Gasteiger partial charge is 0.317 e. The van der Waals surface area contributed by atoms with Crippen molar-refractivity contribution >= 4 is 6.29 Å². The molecular weight excluding hydrogens is 212 g/mol. The highest BCUT2D eigenvalue weighted by atomic mass is 16.1. The van der Waals surface area contributed by atoms with E-state index in [2.05, 4.69) is 17.3 Å². The molecule has 3 fully saturated rings. The number of aldehydes is 1. The Kier molecular flexibility index (Phi) is 2.99. The van der Waals surface area contributed by atoms with Gasteiger partial charge in [-0.2, -0.15) is 0 Å². The zero-order valence-electron chi connectivity index (χ0n) is 10.8. The lowest BCUT2D eigenvalue weighted by Crippen LogP contribution is -2.61. The molecule has 1 spiro atoms. The minimum atomic E-state index is 0.345. The van der Waals surface area contributed by atoms with E-state index in [9.17, 15) is 4.79 Å². The van der Waals surface area contributed by atoms with Crippen LogP contribution in [0.3, 0.4) is 0 Å². The Balaban J connectivity index is 1.43. The maximum atomic E-state index is 10.7. The van der Waals surface area contributed by atoms with Crippen LogP contribution in [0.4, 0.5) is 0 Å². The molecule has 2 saturated carbocycles. The quantitative estimate of drug-likeness (QED) is 0.752. The van der Waals surface area contributed by atoms with Crippen molar-refractivity contribution in [2.45, 2.75) is 50.6 Å². The van der Waals surface area contributed by atoms with Crippen molar-refractivity contribution < 1.29 is 4.79 Å². The van der Waals surface area contributed by atoms with Gasteiger partial charge in [0.05, 0.1) is 0 Å². The number of likely N-dealkylation sites (tertiary alicyclic amines) is 1. The van der Waals surface area contributed by atoms with Gasteiger partial charge in [-0.25, -0.2) is 0 Å². The summed E-state index contributed by atoms with van der Waals surface area (Å²) in [4.78, 5) is 13.4. The molecule has 0 radical (unpaired) electrons. The van der Waals surface area contributed by atoms with Crippen LogP contribution in [-0.4, -0.2) is 43.4 Å². The average Bonchev–Trinajstić information content (AvgIpc) is 2.27. The van der Waals surface area contributed by atoms with Crippen LogP contribution < -0.4 is 5.32 Å². The third kappa shape index (κ3) is 2.04. The fourth-order valence-electron chi connectivity index (χ4n) is 4.14.